The number of aromatic nitrogens is 2. The van der Waals surface area contributed by atoms with E-state index >= 15 is 0 Å². The van der Waals surface area contributed by atoms with Crippen LogP contribution < -0.4 is 0 Å². The van der Waals surface area contributed by atoms with Crippen molar-refractivity contribution >= 4 is 15.9 Å². The van der Waals surface area contributed by atoms with E-state index in [2.05, 4.69) is 26.1 Å². The maximum atomic E-state index is 10.2. The zero-order valence-electron chi connectivity index (χ0n) is 11.8. The Morgan fingerprint density at radius 1 is 1.24 bits per heavy atom. The summed E-state index contributed by atoms with van der Waals surface area (Å²) in [5.41, 5.74) is 1.14. The van der Waals surface area contributed by atoms with Gasteiger partial charge in [0.15, 0.2) is 5.82 Å². The molecule has 1 N–H and O–H groups in total. The molecule has 0 saturated heterocycles. The summed E-state index contributed by atoms with van der Waals surface area (Å²) < 4.78 is 6.32. The third kappa shape index (κ3) is 3.92. The molecule has 1 atom stereocenters. The molecule has 1 saturated carbocycles. The molecule has 4 nitrogen and oxygen atoms in total. The summed E-state index contributed by atoms with van der Waals surface area (Å²) in [7, 11) is 0. The predicted octanol–water partition coefficient (Wildman–Crippen LogP) is 3.52. The minimum Gasteiger partial charge on any atom is -0.392 e. The van der Waals surface area contributed by atoms with Crippen LogP contribution in [0.4, 0.5) is 0 Å². The van der Waals surface area contributed by atoms with Crippen molar-refractivity contribution in [3.63, 3.8) is 0 Å². The van der Waals surface area contributed by atoms with Gasteiger partial charge in [-0.2, -0.15) is 4.98 Å². The van der Waals surface area contributed by atoms with E-state index in [1.54, 1.807) is 0 Å². The van der Waals surface area contributed by atoms with Crippen LogP contribution in [0.3, 0.4) is 0 Å². The van der Waals surface area contributed by atoms with Crippen molar-refractivity contribution in [1.82, 2.24) is 10.1 Å². The number of hydrogen-bond donors (Lipinski definition) is 1. The van der Waals surface area contributed by atoms with E-state index in [1.807, 2.05) is 24.3 Å². The lowest BCUT2D eigenvalue weighted by Crippen LogP contribution is -2.20. The molecule has 0 spiro atoms. The summed E-state index contributed by atoms with van der Waals surface area (Å²) in [4.78, 5) is 4.39. The van der Waals surface area contributed by atoms with Crippen LogP contribution in [0.1, 0.15) is 43.0 Å². The molecule has 0 amide bonds. The van der Waals surface area contributed by atoms with Gasteiger partial charge in [-0.25, -0.2) is 0 Å². The van der Waals surface area contributed by atoms with Crippen LogP contribution in [-0.2, 0) is 12.8 Å². The van der Waals surface area contributed by atoms with Crippen molar-refractivity contribution < 1.29 is 9.63 Å². The van der Waals surface area contributed by atoms with Crippen molar-refractivity contribution in [1.29, 1.82) is 0 Å². The fourth-order valence-corrected chi connectivity index (χ4v) is 3.18. The molecule has 2 aromatic rings. The van der Waals surface area contributed by atoms with Crippen LogP contribution in [-0.4, -0.2) is 21.4 Å². The molecule has 0 aliphatic heterocycles. The third-order valence-electron chi connectivity index (χ3n) is 4.11. The van der Waals surface area contributed by atoms with Gasteiger partial charge in [0.2, 0.25) is 5.89 Å². The van der Waals surface area contributed by atoms with Crippen LogP contribution >= 0.6 is 15.9 Å². The van der Waals surface area contributed by atoms with E-state index < -0.39 is 0 Å². The van der Waals surface area contributed by atoms with Gasteiger partial charge in [-0.3, -0.25) is 0 Å². The van der Waals surface area contributed by atoms with E-state index in [0.717, 1.165) is 22.9 Å². The molecule has 1 aliphatic carbocycles. The number of hydrogen-bond acceptors (Lipinski definition) is 4. The Bertz CT molecular complexity index is 576. The monoisotopic (exact) mass is 350 g/mol. The zero-order chi connectivity index (χ0) is 14.7. The molecule has 1 fully saturated rings. The first-order chi connectivity index (χ1) is 10.2. The Balaban J connectivity index is 1.59. The van der Waals surface area contributed by atoms with Gasteiger partial charge in [0.25, 0.3) is 0 Å². The van der Waals surface area contributed by atoms with Gasteiger partial charge in [0.05, 0.1) is 12.5 Å². The Labute approximate surface area is 132 Å². The number of aliphatic hydroxyl groups excluding tert-OH is 1. The highest BCUT2D eigenvalue weighted by molar-refractivity contribution is 9.10. The van der Waals surface area contributed by atoms with Gasteiger partial charge in [0, 0.05) is 10.9 Å². The normalized spacial score (nSPS) is 17.2. The Morgan fingerprint density at radius 2 is 1.95 bits per heavy atom. The number of nitrogens with zero attached hydrogens (tertiary/aromatic N) is 2. The Morgan fingerprint density at radius 3 is 2.67 bits per heavy atom. The van der Waals surface area contributed by atoms with Gasteiger partial charge in [-0.15, -0.1) is 0 Å². The number of halogens is 1. The average molecular weight is 351 g/mol. The second-order valence-electron chi connectivity index (χ2n) is 5.72. The first kappa shape index (κ1) is 14.7. The predicted molar refractivity (Wildman–Crippen MR) is 82.9 cm³/mol. The van der Waals surface area contributed by atoms with Crippen LogP contribution in [0.25, 0.3) is 0 Å². The van der Waals surface area contributed by atoms with Crippen molar-refractivity contribution in [2.75, 3.05) is 0 Å². The molecule has 1 unspecified atom stereocenters. The van der Waals surface area contributed by atoms with E-state index in [4.69, 9.17) is 4.52 Å². The second-order valence-corrected chi connectivity index (χ2v) is 6.64. The molecule has 1 aliphatic rings. The highest BCUT2D eigenvalue weighted by Gasteiger charge is 2.25. The van der Waals surface area contributed by atoms with Crippen molar-refractivity contribution in [3.05, 3.63) is 46.0 Å². The molecule has 1 aromatic heterocycles. The van der Waals surface area contributed by atoms with Gasteiger partial charge < -0.3 is 9.63 Å². The molecular weight excluding hydrogens is 332 g/mol. The lowest BCUT2D eigenvalue weighted by atomic mass is 9.98. The third-order valence-corrected chi connectivity index (χ3v) is 4.64. The maximum Gasteiger partial charge on any atom is 0.229 e. The summed E-state index contributed by atoms with van der Waals surface area (Å²) in [5.74, 6) is 1.61. The van der Waals surface area contributed by atoms with E-state index in [-0.39, 0.29) is 6.10 Å². The highest BCUT2D eigenvalue weighted by atomic mass is 79.9. The fourth-order valence-electron chi connectivity index (χ4n) is 2.92. The molecular formula is C16H19BrN2O2. The Kier molecular flexibility index (Phi) is 4.70. The average Bonchev–Trinajstić information content (AvgIpc) is 3.13. The molecule has 0 bridgehead atoms. The minimum absolute atomic E-state index is 0.353. The van der Waals surface area contributed by atoms with E-state index in [1.165, 1.54) is 12.8 Å². The van der Waals surface area contributed by atoms with Crippen molar-refractivity contribution in [2.24, 2.45) is 5.92 Å². The number of benzene rings is 1. The van der Waals surface area contributed by atoms with Crippen molar-refractivity contribution in [3.8, 4) is 0 Å². The lowest BCUT2D eigenvalue weighted by Gasteiger charge is -2.14. The number of aliphatic hydroxyl groups is 1. The molecule has 1 aromatic carbocycles. The van der Waals surface area contributed by atoms with Crippen LogP contribution in [0, 0.1) is 5.92 Å². The summed E-state index contributed by atoms with van der Waals surface area (Å²) in [6.07, 6.45) is 5.44. The lowest BCUT2D eigenvalue weighted by molar-refractivity contribution is 0.102. The molecule has 5 heteroatoms. The summed E-state index contributed by atoms with van der Waals surface area (Å²) >= 11 is 3.42. The van der Waals surface area contributed by atoms with Gasteiger partial charge in [0.1, 0.15) is 0 Å². The van der Waals surface area contributed by atoms with Gasteiger partial charge in [-0.05, 0) is 36.5 Å². The quantitative estimate of drug-likeness (QED) is 0.896. The minimum atomic E-state index is -0.353. The SMILES string of the molecule is OC(Cc1nc(Cc2ccc(Br)cc2)no1)C1CCCC1. The fraction of sp³-hybridized carbons (Fsp3) is 0.500. The Hall–Kier alpha value is -1.20. The van der Waals surface area contributed by atoms with Crippen LogP contribution in [0.2, 0.25) is 0 Å². The van der Waals surface area contributed by atoms with Crippen molar-refractivity contribution in [2.45, 2.75) is 44.6 Å². The first-order valence-electron chi connectivity index (χ1n) is 7.44. The molecule has 0 radical (unpaired) electrons. The highest BCUT2D eigenvalue weighted by Crippen LogP contribution is 2.29. The zero-order valence-corrected chi connectivity index (χ0v) is 13.4. The largest absolute Gasteiger partial charge is 0.392 e. The summed E-state index contributed by atoms with van der Waals surface area (Å²) in [6, 6.07) is 8.07. The molecule has 112 valence electrons. The number of rotatable bonds is 5. The van der Waals surface area contributed by atoms with Gasteiger partial charge >= 0.3 is 0 Å². The molecule has 21 heavy (non-hydrogen) atoms. The molecule has 1 heterocycles. The smallest absolute Gasteiger partial charge is 0.229 e. The van der Waals surface area contributed by atoms with Crippen LogP contribution in [0.5, 0.6) is 0 Å². The topological polar surface area (TPSA) is 59.2 Å². The van der Waals surface area contributed by atoms with Gasteiger partial charge in [-0.1, -0.05) is 46.1 Å². The summed E-state index contributed by atoms with van der Waals surface area (Å²) in [6.45, 7) is 0. The van der Waals surface area contributed by atoms with Crippen LogP contribution in [0.15, 0.2) is 33.3 Å². The molecule has 3 rings (SSSR count). The standard InChI is InChI=1S/C16H19BrN2O2/c17-13-7-5-11(6-8-13)9-15-18-16(21-19-15)10-14(20)12-3-1-2-4-12/h5-8,12,14,20H,1-4,9-10H2. The second kappa shape index (κ2) is 6.71. The maximum absolute atomic E-state index is 10.2. The van der Waals surface area contributed by atoms with E-state index in [0.29, 0.717) is 30.5 Å². The first-order valence-corrected chi connectivity index (χ1v) is 8.24. The summed E-state index contributed by atoms with van der Waals surface area (Å²) in [5, 5.41) is 14.2. The van der Waals surface area contributed by atoms with E-state index in [9.17, 15) is 5.11 Å².